The van der Waals surface area contributed by atoms with Gasteiger partial charge < -0.3 is 4.74 Å². The summed E-state index contributed by atoms with van der Waals surface area (Å²) in [5, 5.41) is 0. The molecule has 0 aliphatic heterocycles. The average molecular weight is 233 g/mol. The van der Waals surface area contributed by atoms with E-state index in [1.807, 2.05) is 0 Å². The van der Waals surface area contributed by atoms with Gasteiger partial charge in [0.1, 0.15) is 0 Å². The van der Waals surface area contributed by atoms with E-state index < -0.39 is 0 Å². The maximum Gasteiger partial charge on any atom is 0.311 e. The highest BCUT2D eigenvalue weighted by molar-refractivity contribution is 9.10. The summed E-state index contributed by atoms with van der Waals surface area (Å²) in [4.78, 5) is 11.4. The number of ether oxygens (including phenoxy) is 1. The van der Waals surface area contributed by atoms with E-state index in [0.29, 0.717) is 0 Å². The van der Waals surface area contributed by atoms with Crippen LogP contribution in [0.5, 0.6) is 0 Å². The number of methoxy groups -OCH3 is 1. The minimum Gasteiger partial charge on any atom is -0.469 e. The zero-order chi connectivity index (χ0) is 8.82. The van der Waals surface area contributed by atoms with Crippen molar-refractivity contribution >= 4 is 21.9 Å². The van der Waals surface area contributed by atoms with Crippen LogP contribution in [0.25, 0.3) is 0 Å². The van der Waals surface area contributed by atoms with Crippen LogP contribution in [-0.4, -0.2) is 17.4 Å². The molecule has 0 unspecified atom stereocenters. The molecule has 3 fully saturated rings. The number of halogens is 1. The predicted molar refractivity (Wildman–Crippen MR) is 49.2 cm³/mol. The van der Waals surface area contributed by atoms with Gasteiger partial charge in [0, 0.05) is 4.32 Å². The molecule has 0 heterocycles. The molecule has 0 aromatic carbocycles. The van der Waals surface area contributed by atoms with Crippen LogP contribution < -0.4 is 0 Å². The molecule has 0 aromatic rings. The van der Waals surface area contributed by atoms with E-state index in [9.17, 15) is 4.79 Å². The van der Waals surface area contributed by atoms with Gasteiger partial charge in [-0.25, -0.2) is 0 Å². The van der Waals surface area contributed by atoms with Gasteiger partial charge in [-0.3, -0.25) is 4.79 Å². The van der Waals surface area contributed by atoms with Crippen molar-refractivity contribution in [2.75, 3.05) is 7.11 Å². The summed E-state index contributed by atoms with van der Waals surface area (Å²) in [5.74, 6) is -0.00252. The van der Waals surface area contributed by atoms with Crippen LogP contribution in [0.4, 0.5) is 0 Å². The van der Waals surface area contributed by atoms with E-state index in [1.165, 1.54) is 13.5 Å². The Balaban J connectivity index is 2.11. The van der Waals surface area contributed by atoms with Crippen LogP contribution in [0, 0.1) is 5.41 Å². The third-order valence-electron chi connectivity index (χ3n) is 3.21. The maximum absolute atomic E-state index is 11.4. The van der Waals surface area contributed by atoms with Crippen molar-refractivity contribution < 1.29 is 9.53 Å². The normalized spacial score (nSPS) is 44.8. The number of rotatable bonds is 1. The molecule has 3 aliphatic rings. The fourth-order valence-electron chi connectivity index (χ4n) is 2.72. The van der Waals surface area contributed by atoms with E-state index in [2.05, 4.69) is 15.9 Å². The Morgan fingerprint density at radius 1 is 1.42 bits per heavy atom. The second-order valence-corrected chi connectivity index (χ2v) is 5.81. The first-order valence-electron chi connectivity index (χ1n) is 4.38. The zero-order valence-corrected chi connectivity index (χ0v) is 8.82. The summed E-state index contributed by atoms with van der Waals surface area (Å²) >= 11 is 3.68. The zero-order valence-electron chi connectivity index (χ0n) is 7.23. The number of alkyl halides is 1. The quantitative estimate of drug-likeness (QED) is 0.513. The van der Waals surface area contributed by atoms with Crippen LogP contribution in [0.15, 0.2) is 0 Å². The summed E-state index contributed by atoms with van der Waals surface area (Å²) in [7, 11) is 1.49. The number of hydrogen-bond acceptors (Lipinski definition) is 2. The molecule has 0 saturated heterocycles. The molecule has 2 bridgehead atoms. The van der Waals surface area contributed by atoms with Crippen molar-refractivity contribution in [3.63, 3.8) is 0 Å². The van der Waals surface area contributed by atoms with Crippen LogP contribution in [0.3, 0.4) is 0 Å². The first-order valence-corrected chi connectivity index (χ1v) is 5.17. The Bertz CT molecular complexity index is 219. The highest BCUT2D eigenvalue weighted by atomic mass is 79.9. The molecule has 0 atom stereocenters. The van der Waals surface area contributed by atoms with Crippen LogP contribution in [-0.2, 0) is 9.53 Å². The van der Waals surface area contributed by atoms with Gasteiger partial charge in [-0.2, -0.15) is 0 Å². The molecular weight excluding hydrogens is 220 g/mol. The molecule has 0 N–H and O–H groups in total. The summed E-state index contributed by atoms with van der Waals surface area (Å²) < 4.78 is 5.09. The lowest BCUT2D eigenvalue weighted by Gasteiger charge is -2.55. The van der Waals surface area contributed by atoms with Crippen molar-refractivity contribution in [2.45, 2.75) is 36.4 Å². The molecule has 3 rings (SSSR count). The van der Waals surface area contributed by atoms with Gasteiger partial charge in [0.2, 0.25) is 0 Å². The van der Waals surface area contributed by atoms with E-state index >= 15 is 0 Å². The largest absolute Gasteiger partial charge is 0.469 e. The minimum absolute atomic E-state index is 0.00252. The highest BCUT2D eigenvalue weighted by Gasteiger charge is 2.60. The molecular formula is C9H13BrO2. The molecule has 12 heavy (non-hydrogen) atoms. The third kappa shape index (κ3) is 1.02. The first kappa shape index (κ1) is 8.54. The average Bonchev–Trinajstić information content (AvgIpc) is 2.01. The Hall–Kier alpha value is -0.0500. The molecule has 0 amide bonds. The van der Waals surface area contributed by atoms with E-state index in [1.54, 1.807) is 0 Å². The monoisotopic (exact) mass is 232 g/mol. The third-order valence-corrected chi connectivity index (χ3v) is 4.17. The van der Waals surface area contributed by atoms with Gasteiger partial charge in [-0.05, 0) is 25.7 Å². The molecule has 3 saturated carbocycles. The van der Waals surface area contributed by atoms with Crippen molar-refractivity contribution in [3.8, 4) is 0 Å². The van der Waals surface area contributed by atoms with Gasteiger partial charge in [0.05, 0.1) is 12.5 Å². The number of hydrogen-bond donors (Lipinski definition) is 0. The van der Waals surface area contributed by atoms with Gasteiger partial charge >= 0.3 is 5.97 Å². The molecule has 0 aromatic heterocycles. The summed E-state index contributed by atoms with van der Waals surface area (Å²) in [5.41, 5.74) is -0.115. The number of carbonyl (C=O) groups excluding carboxylic acids is 1. The van der Waals surface area contributed by atoms with Gasteiger partial charge in [-0.15, -0.1) is 0 Å². The van der Waals surface area contributed by atoms with Crippen molar-refractivity contribution in [1.29, 1.82) is 0 Å². The van der Waals surface area contributed by atoms with Gasteiger partial charge in [0.15, 0.2) is 0 Å². The Kier molecular flexibility index (Phi) is 1.76. The van der Waals surface area contributed by atoms with Gasteiger partial charge in [-0.1, -0.05) is 22.4 Å². The fourth-order valence-corrected chi connectivity index (χ4v) is 4.07. The molecule has 3 aliphatic carbocycles. The molecule has 0 radical (unpaired) electrons. The van der Waals surface area contributed by atoms with E-state index in [0.717, 1.165) is 25.7 Å². The Morgan fingerprint density at radius 2 is 2.08 bits per heavy atom. The minimum atomic E-state index is -0.115. The van der Waals surface area contributed by atoms with E-state index in [-0.39, 0.29) is 15.7 Å². The Labute approximate surface area is 80.8 Å². The second-order valence-electron chi connectivity index (χ2n) is 4.13. The fraction of sp³-hybridized carbons (Fsp3) is 0.889. The predicted octanol–water partition coefficient (Wildman–Crippen LogP) is 2.26. The highest BCUT2D eigenvalue weighted by Crippen LogP contribution is 2.62. The molecule has 0 spiro atoms. The molecule has 68 valence electrons. The van der Waals surface area contributed by atoms with Crippen LogP contribution >= 0.6 is 15.9 Å². The molecule has 2 nitrogen and oxygen atoms in total. The smallest absolute Gasteiger partial charge is 0.311 e. The standard InChI is InChI=1S/C9H13BrO2/c1-12-7(11)8-3-2-4-9(10,5-8)6-8/h2-6H2,1H3. The molecule has 3 heteroatoms. The van der Waals surface area contributed by atoms with Gasteiger partial charge in [0.25, 0.3) is 0 Å². The second kappa shape index (κ2) is 2.47. The Morgan fingerprint density at radius 3 is 2.58 bits per heavy atom. The lowest BCUT2D eigenvalue weighted by Crippen LogP contribution is -2.56. The van der Waals surface area contributed by atoms with Crippen molar-refractivity contribution in [3.05, 3.63) is 0 Å². The summed E-state index contributed by atoms with van der Waals surface area (Å²) in [6.07, 6.45) is 5.35. The first-order chi connectivity index (χ1) is 5.60. The van der Waals surface area contributed by atoms with Crippen LogP contribution in [0.1, 0.15) is 32.1 Å². The van der Waals surface area contributed by atoms with Crippen molar-refractivity contribution in [2.24, 2.45) is 5.41 Å². The van der Waals surface area contributed by atoms with E-state index in [4.69, 9.17) is 4.74 Å². The van der Waals surface area contributed by atoms with Crippen LogP contribution in [0.2, 0.25) is 0 Å². The number of carbonyl (C=O) groups is 1. The maximum atomic E-state index is 11.4. The van der Waals surface area contributed by atoms with Crippen molar-refractivity contribution in [1.82, 2.24) is 0 Å². The SMILES string of the molecule is COC(=O)C12CCCC(Br)(C1)C2. The lowest BCUT2D eigenvalue weighted by atomic mass is 9.54. The lowest BCUT2D eigenvalue weighted by molar-refractivity contribution is -0.164. The number of esters is 1. The number of fused-ring (bicyclic) bond motifs is 2. The topological polar surface area (TPSA) is 26.3 Å². The summed E-state index contributed by atoms with van der Waals surface area (Å²) in [6.45, 7) is 0. The summed E-state index contributed by atoms with van der Waals surface area (Å²) in [6, 6.07) is 0.